The summed E-state index contributed by atoms with van der Waals surface area (Å²) in [6.07, 6.45) is 1.64. The average Bonchev–Trinajstić information content (AvgIpc) is 3.10. The van der Waals surface area contributed by atoms with E-state index in [-0.39, 0.29) is 0 Å². The van der Waals surface area contributed by atoms with Crippen LogP contribution in [0.15, 0.2) is 67.0 Å². The van der Waals surface area contributed by atoms with Crippen molar-refractivity contribution in [2.24, 2.45) is 0 Å². The van der Waals surface area contributed by atoms with Crippen molar-refractivity contribution < 1.29 is 4.74 Å². The third kappa shape index (κ3) is 2.67. The van der Waals surface area contributed by atoms with Crippen LogP contribution >= 0.6 is 0 Å². The molecule has 0 amide bonds. The fourth-order valence-corrected chi connectivity index (χ4v) is 2.66. The van der Waals surface area contributed by atoms with Crippen molar-refractivity contribution in [2.45, 2.75) is 0 Å². The van der Waals surface area contributed by atoms with E-state index in [2.05, 4.69) is 32.4 Å². The molecule has 0 bridgehead atoms. The minimum absolute atomic E-state index is 0.700. The number of imidazole rings is 1. The normalized spacial score (nSPS) is 10.7. The highest BCUT2D eigenvalue weighted by Gasteiger charge is 2.05. The van der Waals surface area contributed by atoms with Gasteiger partial charge in [-0.05, 0) is 35.9 Å². The van der Waals surface area contributed by atoms with E-state index >= 15 is 0 Å². The molecule has 4 rings (SSSR count). The van der Waals surface area contributed by atoms with Crippen LogP contribution in [0.4, 0.5) is 11.5 Å². The first-order valence-electron chi connectivity index (χ1n) is 7.64. The Labute approximate surface area is 139 Å². The van der Waals surface area contributed by atoms with E-state index < -0.39 is 0 Å². The highest BCUT2D eigenvalue weighted by Crippen LogP contribution is 2.30. The van der Waals surface area contributed by atoms with Crippen LogP contribution in [-0.2, 0) is 0 Å². The largest absolute Gasteiger partial charge is 0.496 e. The molecule has 0 aliphatic heterocycles. The predicted molar refractivity (Wildman–Crippen MR) is 95.6 cm³/mol. The predicted octanol–water partition coefficient (Wildman–Crippen LogP) is 4.38. The summed E-state index contributed by atoms with van der Waals surface area (Å²) in [5.74, 6) is 1.63. The number of aromatic nitrogens is 3. The lowest BCUT2D eigenvalue weighted by atomic mass is 10.0. The number of hydrogen-bond donors (Lipinski definition) is 2. The van der Waals surface area contributed by atoms with E-state index in [4.69, 9.17) is 4.74 Å². The summed E-state index contributed by atoms with van der Waals surface area (Å²) in [6, 6.07) is 20.0. The summed E-state index contributed by atoms with van der Waals surface area (Å²) in [7, 11) is 1.69. The van der Waals surface area contributed by atoms with Gasteiger partial charge >= 0.3 is 0 Å². The lowest BCUT2D eigenvalue weighted by molar-refractivity contribution is 0.416. The minimum Gasteiger partial charge on any atom is -0.496 e. The molecule has 0 saturated heterocycles. The van der Waals surface area contributed by atoms with E-state index in [0.717, 1.165) is 33.9 Å². The third-order valence-electron chi connectivity index (χ3n) is 3.86. The number of benzene rings is 2. The van der Waals surface area contributed by atoms with Gasteiger partial charge in [-0.3, -0.25) is 0 Å². The van der Waals surface area contributed by atoms with Crippen LogP contribution in [0.3, 0.4) is 0 Å². The molecule has 0 spiro atoms. The van der Waals surface area contributed by atoms with Crippen LogP contribution < -0.4 is 10.1 Å². The van der Waals surface area contributed by atoms with Gasteiger partial charge in [0.25, 0.3) is 0 Å². The molecule has 5 heteroatoms. The molecule has 0 unspecified atom stereocenters. The van der Waals surface area contributed by atoms with Gasteiger partial charge in [-0.2, -0.15) is 0 Å². The summed E-state index contributed by atoms with van der Waals surface area (Å²) in [5.41, 5.74) is 4.77. The summed E-state index contributed by atoms with van der Waals surface area (Å²) < 4.78 is 5.42. The zero-order chi connectivity index (χ0) is 16.4. The van der Waals surface area contributed by atoms with Gasteiger partial charge < -0.3 is 15.0 Å². The molecule has 0 fully saturated rings. The lowest BCUT2D eigenvalue weighted by Crippen LogP contribution is -1.94. The lowest BCUT2D eigenvalue weighted by Gasteiger charge is -2.10. The first-order valence-corrected chi connectivity index (χ1v) is 7.64. The van der Waals surface area contributed by atoms with Crippen molar-refractivity contribution in [3.05, 3.63) is 67.0 Å². The van der Waals surface area contributed by atoms with Gasteiger partial charge in [-0.1, -0.05) is 30.3 Å². The molecule has 0 radical (unpaired) electrons. The second kappa shape index (κ2) is 6.04. The fourth-order valence-electron chi connectivity index (χ4n) is 2.66. The van der Waals surface area contributed by atoms with Crippen molar-refractivity contribution in [1.29, 1.82) is 0 Å². The molecule has 2 N–H and O–H groups in total. The van der Waals surface area contributed by atoms with Crippen LogP contribution in [0, 0.1) is 0 Å². The van der Waals surface area contributed by atoms with Crippen LogP contribution in [0.5, 0.6) is 5.75 Å². The van der Waals surface area contributed by atoms with Gasteiger partial charge in [0.15, 0.2) is 5.65 Å². The Morgan fingerprint density at radius 2 is 1.79 bits per heavy atom. The third-order valence-corrected chi connectivity index (χ3v) is 3.86. The van der Waals surface area contributed by atoms with Crippen molar-refractivity contribution in [3.8, 4) is 16.9 Å². The van der Waals surface area contributed by atoms with Crippen LogP contribution in [0.1, 0.15) is 0 Å². The first-order chi connectivity index (χ1) is 11.8. The van der Waals surface area contributed by atoms with Gasteiger partial charge in [-0.25, -0.2) is 9.97 Å². The molecule has 0 atom stereocenters. The number of para-hydroxylation sites is 1. The maximum Gasteiger partial charge on any atom is 0.179 e. The van der Waals surface area contributed by atoms with E-state index in [1.165, 1.54) is 0 Å². The molecule has 4 aromatic rings. The maximum absolute atomic E-state index is 5.42. The molecular formula is C19H16N4O. The number of aromatic amines is 1. The average molecular weight is 316 g/mol. The highest BCUT2D eigenvalue weighted by atomic mass is 16.5. The van der Waals surface area contributed by atoms with Gasteiger partial charge in [-0.15, -0.1) is 0 Å². The fraction of sp³-hybridized carbons (Fsp3) is 0.0526. The molecule has 0 aliphatic carbocycles. The van der Waals surface area contributed by atoms with Crippen molar-refractivity contribution in [1.82, 2.24) is 15.0 Å². The number of nitrogens with zero attached hydrogens (tertiary/aromatic N) is 2. The maximum atomic E-state index is 5.42. The Hall–Kier alpha value is -3.34. The molecule has 5 nitrogen and oxygen atoms in total. The Morgan fingerprint density at radius 1 is 0.958 bits per heavy atom. The Kier molecular flexibility index (Phi) is 3.59. The molecule has 2 aromatic heterocycles. The molecule has 118 valence electrons. The van der Waals surface area contributed by atoms with Gasteiger partial charge in [0.05, 0.1) is 19.0 Å². The quantitative estimate of drug-likeness (QED) is 0.586. The Bertz CT molecular complexity index is 976. The molecule has 2 aromatic carbocycles. The van der Waals surface area contributed by atoms with E-state index in [9.17, 15) is 0 Å². The van der Waals surface area contributed by atoms with Crippen LogP contribution in [0.25, 0.3) is 22.3 Å². The van der Waals surface area contributed by atoms with Crippen molar-refractivity contribution in [2.75, 3.05) is 12.4 Å². The highest BCUT2D eigenvalue weighted by molar-refractivity contribution is 5.75. The monoisotopic (exact) mass is 316 g/mol. The molecule has 0 saturated carbocycles. The second-order valence-corrected chi connectivity index (χ2v) is 5.37. The van der Waals surface area contributed by atoms with Gasteiger partial charge in [0.2, 0.25) is 0 Å². The number of methoxy groups -OCH3 is 1. The SMILES string of the molecule is COc1ccccc1-c1ccc(Nc2ccc3[nH]cnc3n2)cc1. The second-order valence-electron chi connectivity index (χ2n) is 5.37. The first kappa shape index (κ1) is 14.3. The summed E-state index contributed by atoms with van der Waals surface area (Å²) in [4.78, 5) is 11.7. The molecule has 2 heterocycles. The smallest absolute Gasteiger partial charge is 0.179 e. The summed E-state index contributed by atoms with van der Waals surface area (Å²) in [5, 5.41) is 3.30. The Balaban J connectivity index is 1.59. The number of hydrogen-bond acceptors (Lipinski definition) is 4. The molecule has 24 heavy (non-hydrogen) atoms. The van der Waals surface area contributed by atoms with E-state index in [1.807, 2.05) is 48.5 Å². The van der Waals surface area contributed by atoms with E-state index in [1.54, 1.807) is 13.4 Å². The number of anilines is 2. The number of rotatable bonds is 4. The number of fused-ring (bicyclic) bond motifs is 1. The molecular weight excluding hydrogens is 300 g/mol. The number of pyridine rings is 1. The van der Waals surface area contributed by atoms with Crippen molar-refractivity contribution >= 4 is 22.7 Å². The van der Waals surface area contributed by atoms with E-state index in [0.29, 0.717) is 5.65 Å². The van der Waals surface area contributed by atoms with Crippen LogP contribution in [-0.4, -0.2) is 22.1 Å². The van der Waals surface area contributed by atoms with Gasteiger partial charge in [0, 0.05) is 11.3 Å². The number of ether oxygens (including phenoxy) is 1. The molecule has 0 aliphatic rings. The summed E-state index contributed by atoms with van der Waals surface area (Å²) >= 11 is 0. The van der Waals surface area contributed by atoms with Crippen molar-refractivity contribution in [3.63, 3.8) is 0 Å². The summed E-state index contributed by atoms with van der Waals surface area (Å²) in [6.45, 7) is 0. The standard InChI is InChI=1S/C19H16N4O/c1-24-17-5-3-2-4-15(17)13-6-8-14(9-7-13)22-18-11-10-16-19(23-18)21-12-20-16/h2-12H,1H3,(H2,20,21,22,23). The zero-order valence-corrected chi connectivity index (χ0v) is 13.2. The van der Waals surface area contributed by atoms with Crippen LogP contribution in [0.2, 0.25) is 0 Å². The zero-order valence-electron chi connectivity index (χ0n) is 13.2. The number of H-pyrrole nitrogens is 1. The topological polar surface area (TPSA) is 62.8 Å². The Morgan fingerprint density at radius 3 is 2.62 bits per heavy atom. The number of nitrogens with one attached hydrogen (secondary N) is 2. The van der Waals surface area contributed by atoms with Gasteiger partial charge in [0.1, 0.15) is 11.6 Å². The minimum atomic E-state index is 0.700.